The quantitative estimate of drug-likeness (QED) is 0.555. The molecule has 2 heterocycles. The Kier molecular flexibility index (Phi) is 6.42. The molecule has 0 atom stereocenters. The average Bonchev–Trinajstić information content (AvgIpc) is 2.93. The van der Waals surface area contributed by atoms with E-state index in [4.69, 9.17) is 9.47 Å². The molecule has 1 aliphatic heterocycles. The molecule has 0 bridgehead atoms. The number of aryl methyl sites for hydroxylation is 2. The highest BCUT2D eigenvalue weighted by atomic mass is 16.5. The lowest BCUT2D eigenvalue weighted by Crippen LogP contribution is -2.38. The van der Waals surface area contributed by atoms with Gasteiger partial charge in [0.05, 0.1) is 24.5 Å². The fourth-order valence-electron chi connectivity index (χ4n) is 3.18. The van der Waals surface area contributed by atoms with Crippen molar-refractivity contribution >= 4 is 11.9 Å². The maximum absolute atomic E-state index is 12.5. The van der Waals surface area contributed by atoms with Crippen molar-refractivity contribution < 1.29 is 14.3 Å². The minimum Gasteiger partial charge on any atom is -0.492 e. The number of hydrogen-bond donors (Lipinski definition) is 0. The Balaban J connectivity index is 1.52. The van der Waals surface area contributed by atoms with E-state index in [-0.39, 0.29) is 5.78 Å². The summed E-state index contributed by atoms with van der Waals surface area (Å²) in [6, 6.07) is 7.78. The van der Waals surface area contributed by atoms with Gasteiger partial charge in [-0.05, 0) is 37.6 Å². The predicted octanol–water partition coefficient (Wildman–Crippen LogP) is 2.64. The van der Waals surface area contributed by atoms with Crippen molar-refractivity contribution in [2.45, 2.75) is 13.8 Å². The number of rotatable bonds is 7. The summed E-state index contributed by atoms with van der Waals surface area (Å²) in [5.74, 6) is 0.814. The number of carbonyl (C=O) groups excluding carboxylic acids is 1. The Morgan fingerprint density at radius 2 is 1.93 bits per heavy atom. The maximum Gasteiger partial charge on any atom is 0.189 e. The van der Waals surface area contributed by atoms with Crippen molar-refractivity contribution in [2.24, 2.45) is 7.05 Å². The van der Waals surface area contributed by atoms with Crippen molar-refractivity contribution in [1.29, 1.82) is 0 Å². The van der Waals surface area contributed by atoms with E-state index in [1.165, 1.54) is 0 Å². The lowest BCUT2D eigenvalue weighted by molar-refractivity contribution is 0.0322. The first-order valence-corrected chi connectivity index (χ1v) is 9.30. The Morgan fingerprint density at radius 3 is 2.56 bits per heavy atom. The first kappa shape index (κ1) is 19.3. The summed E-state index contributed by atoms with van der Waals surface area (Å²) >= 11 is 0. The van der Waals surface area contributed by atoms with Crippen molar-refractivity contribution in [1.82, 2.24) is 14.7 Å². The van der Waals surface area contributed by atoms with Crippen LogP contribution in [-0.2, 0) is 11.8 Å². The van der Waals surface area contributed by atoms with Gasteiger partial charge < -0.3 is 9.47 Å². The van der Waals surface area contributed by atoms with Gasteiger partial charge in [-0.1, -0.05) is 18.2 Å². The number of morpholine rings is 1. The molecular formula is C21H27N3O3. The number of allylic oxidation sites excluding steroid dienone is 1. The molecule has 3 rings (SSSR count). The summed E-state index contributed by atoms with van der Waals surface area (Å²) in [5.41, 5.74) is 3.28. The number of hydrogen-bond acceptors (Lipinski definition) is 5. The third-order valence-corrected chi connectivity index (χ3v) is 4.84. The third-order valence-electron chi connectivity index (χ3n) is 4.84. The smallest absolute Gasteiger partial charge is 0.189 e. The fourth-order valence-corrected chi connectivity index (χ4v) is 3.18. The Bertz CT molecular complexity index is 803. The summed E-state index contributed by atoms with van der Waals surface area (Å²) < 4.78 is 12.9. The fraction of sp³-hybridized carbons (Fsp3) is 0.429. The third kappa shape index (κ3) is 5.05. The van der Waals surface area contributed by atoms with E-state index in [9.17, 15) is 4.79 Å². The van der Waals surface area contributed by atoms with Crippen LogP contribution in [-0.4, -0.2) is 59.9 Å². The molecule has 0 amide bonds. The molecule has 0 N–H and O–H groups in total. The maximum atomic E-state index is 12.5. The molecule has 2 aromatic rings. The Morgan fingerprint density at radius 1 is 1.22 bits per heavy atom. The zero-order valence-corrected chi connectivity index (χ0v) is 16.3. The SMILES string of the molecule is Cc1nn(C)c(C)c1C(=O)/C=C/c1ccc(OCCN2CCOCC2)cc1. The van der Waals surface area contributed by atoms with Gasteiger partial charge in [-0.15, -0.1) is 0 Å². The van der Waals surface area contributed by atoms with Crippen LogP contribution in [0.25, 0.3) is 6.08 Å². The van der Waals surface area contributed by atoms with Crippen LogP contribution < -0.4 is 4.74 Å². The summed E-state index contributed by atoms with van der Waals surface area (Å²) in [6.07, 6.45) is 3.43. The zero-order valence-electron chi connectivity index (χ0n) is 16.3. The second-order valence-corrected chi connectivity index (χ2v) is 6.74. The minimum absolute atomic E-state index is 0.0241. The summed E-state index contributed by atoms with van der Waals surface area (Å²) in [4.78, 5) is 14.8. The number of nitrogens with zero attached hydrogens (tertiary/aromatic N) is 3. The molecule has 27 heavy (non-hydrogen) atoms. The monoisotopic (exact) mass is 369 g/mol. The van der Waals surface area contributed by atoms with Crippen molar-refractivity contribution in [3.8, 4) is 5.75 Å². The first-order valence-electron chi connectivity index (χ1n) is 9.30. The van der Waals surface area contributed by atoms with E-state index in [0.29, 0.717) is 12.2 Å². The molecule has 6 heteroatoms. The molecule has 0 unspecified atom stereocenters. The number of benzene rings is 1. The average molecular weight is 369 g/mol. The van der Waals surface area contributed by atoms with Crippen LogP contribution in [0.3, 0.4) is 0 Å². The minimum atomic E-state index is -0.0241. The molecule has 0 radical (unpaired) electrons. The lowest BCUT2D eigenvalue weighted by Gasteiger charge is -2.26. The summed E-state index contributed by atoms with van der Waals surface area (Å²) in [5, 5.41) is 4.30. The molecule has 1 aromatic carbocycles. The van der Waals surface area contributed by atoms with Gasteiger partial charge in [-0.2, -0.15) is 5.10 Å². The standard InChI is InChI=1S/C21H27N3O3/c1-16-21(17(2)23(3)22-16)20(25)9-6-18-4-7-19(8-5-18)27-15-12-24-10-13-26-14-11-24/h4-9H,10-15H2,1-3H3/b9-6+. The van der Waals surface area contributed by atoms with Gasteiger partial charge >= 0.3 is 0 Å². The van der Waals surface area contributed by atoms with Crippen molar-refractivity contribution in [2.75, 3.05) is 39.5 Å². The highest BCUT2D eigenvalue weighted by Crippen LogP contribution is 2.16. The first-order chi connectivity index (χ1) is 13.0. The normalized spacial score (nSPS) is 15.4. The predicted molar refractivity (Wildman–Crippen MR) is 105 cm³/mol. The van der Waals surface area contributed by atoms with E-state index < -0.39 is 0 Å². The molecule has 0 spiro atoms. The van der Waals surface area contributed by atoms with Crippen LogP contribution in [0.2, 0.25) is 0 Å². The van der Waals surface area contributed by atoms with Gasteiger partial charge in [0.15, 0.2) is 5.78 Å². The second kappa shape index (κ2) is 8.97. The Labute approximate surface area is 160 Å². The largest absolute Gasteiger partial charge is 0.492 e. The number of aromatic nitrogens is 2. The van der Waals surface area contributed by atoms with Crippen LogP contribution in [0, 0.1) is 13.8 Å². The molecule has 1 saturated heterocycles. The van der Waals surface area contributed by atoms with Crippen LogP contribution in [0.5, 0.6) is 5.75 Å². The lowest BCUT2D eigenvalue weighted by atomic mass is 10.1. The van der Waals surface area contributed by atoms with Crippen LogP contribution >= 0.6 is 0 Å². The number of ketones is 1. The van der Waals surface area contributed by atoms with E-state index in [1.54, 1.807) is 10.8 Å². The van der Waals surface area contributed by atoms with Crippen molar-refractivity contribution in [3.63, 3.8) is 0 Å². The molecule has 0 saturated carbocycles. The molecule has 1 fully saturated rings. The highest BCUT2D eigenvalue weighted by Gasteiger charge is 2.14. The molecule has 1 aliphatic rings. The summed E-state index contributed by atoms with van der Waals surface area (Å²) in [7, 11) is 1.85. The van der Waals surface area contributed by atoms with E-state index in [0.717, 1.165) is 55.5 Å². The molecule has 144 valence electrons. The van der Waals surface area contributed by atoms with Gasteiger partial charge in [0, 0.05) is 32.4 Å². The molecule has 6 nitrogen and oxygen atoms in total. The molecule has 1 aromatic heterocycles. The Hall–Kier alpha value is -2.44. The van der Waals surface area contributed by atoms with Gasteiger partial charge in [-0.25, -0.2) is 0 Å². The number of carbonyl (C=O) groups is 1. The molecule has 0 aliphatic carbocycles. The van der Waals surface area contributed by atoms with Crippen LogP contribution in [0.15, 0.2) is 30.3 Å². The second-order valence-electron chi connectivity index (χ2n) is 6.74. The van der Waals surface area contributed by atoms with Gasteiger partial charge in [-0.3, -0.25) is 14.4 Å². The number of ether oxygens (including phenoxy) is 2. The van der Waals surface area contributed by atoms with Crippen LogP contribution in [0.4, 0.5) is 0 Å². The summed E-state index contributed by atoms with van der Waals surface area (Å²) in [6.45, 7) is 8.88. The van der Waals surface area contributed by atoms with Crippen LogP contribution in [0.1, 0.15) is 27.3 Å². The molecular weight excluding hydrogens is 342 g/mol. The van der Waals surface area contributed by atoms with Gasteiger partial charge in [0.1, 0.15) is 12.4 Å². The topological polar surface area (TPSA) is 56.6 Å². The van der Waals surface area contributed by atoms with E-state index in [2.05, 4.69) is 10.00 Å². The van der Waals surface area contributed by atoms with Gasteiger partial charge in [0.25, 0.3) is 0 Å². The van der Waals surface area contributed by atoms with Gasteiger partial charge in [0.2, 0.25) is 0 Å². The zero-order chi connectivity index (χ0) is 19.2. The van der Waals surface area contributed by atoms with Crippen molar-refractivity contribution in [3.05, 3.63) is 52.9 Å². The highest BCUT2D eigenvalue weighted by molar-refractivity contribution is 6.08. The van der Waals surface area contributed by atoms with E-state index >= 15 is 0 Å². The van der Waals surface area contributed by atoms with E-state index in [1.807, 2.05) is 51.2 Å².